The summed E-state index contributed by atoms with van der Waals surface area (Å²) in [6.07, 6.45) is 1.84. The molecule has 0 aliphatic heterocycles. The zero-order valence-corrected chi connectivity index (χ0v) is 17.5. The molecule has 0 saturated carbocycles. The number of benzene rings is 3. The van der Waals surface area contributed by atoms with E-state index in [1.54, 1.807) is 18.2 Å². The van der Waals surface area contributed by atoms with Crippen molar-refractivity contribution >= 4 is 23.1 Å². The molecule has 3 rings (SSSR count). The largest absolute Gasteiger partial charge is 0.397 e. The minimum atomic E-state index is -0.214. The van der Waals surface area contributed by atoms with Crippen LogP contribution >= 0.6 is 0 Å². The smallest absolute Gasteiger partial charge is 0.255 e. The highest BCUT2D eigenvalue weighted by Gasteiger charge is 2.11. The molecule has 3 aromatic rings. The van der Waals surface area contributed by atoms with Gasteiger partial charge in [0.15, 0.2) is 0 Å². The van der Waals surface area contributed by atoms with Crippen molar-refractivity contribution in [1.82, 2.24) is 0 Å². The number of hydrogen-bond donors (Lipinski definition) is 2. The Kier molecular flexibility index (Phi) is 7.02. The number of Topliss-reactive ketones (excluding diaryl/α,β-unsaturated/α-hetero) is 1. The molecule has 154 valence electrons. The number of aryl methyl sites for hydroxylation is 1. The summed E-state index contributed by atoms with van der Waals surface area (Å²) >= 11 is 0. The average Bonchev–Trinajstić information content (AvgIpc) is 2.74. The molecule has 4 nitrogen and oxygen atoms in total. The SMILES string of the molecule is CC(C)CC(=O)CCc1ccc(C(=O)Nc2cc(-c3ccccc3)ccc2N)cc1. The van der Waals surface area contributed by atoms with Gasteiger partial charge < -0.3 is 11.1 Å². The number of rotatable bonds is 8. The van der Waals surface area contributed by atoms with Gasteiger partial charge in [-0.25, -0.2) is 0 Å². The Balaban J connectivity index is 1.65. The molecule has 0 saturated heterocycles. The second-order valence-electron chi connectivity index (χ2n) is 7.96. The second kappa shape index (κ2) is 9.88. The van der Waals surface area contributed by atoms with Crippen molar-refractivity contribution in [1.29, 1.82) is 0 Å². The normalized spacial score (nSPS) is 10.8. The van der Waals surface area contributed by atoms with E-state index in [0.717, 1.165) is 16.7 Å². The Bertz CT molecular complexity index is 1010. The topological polar surface area (TPSA) is 72.2 Å². The molecular formula is C26H28N2O2. The van der Waals surface area contributed by atoms with Crippen molar-refractivity contribution in [2.45, 2.75) is 33.1 Å². The van der Waals surface area contributed by atoms with Gasteiger partial charge in [-0.05, 0) is 53.3 Å². The molecule has 0 radical (unpaired) electrons. The number of ketones is 1. The standard InChI is InChI=1S/C26H28N2O2/c1-18(2)16-23(29)14-10-19-8-11-21(12-9-19)26(30)28-25-17-22(13-15-24(25)27)20-6-4-3-5-7-20/h3-9,11-13,15,17-18H,10,14,16,27H2,1-2H3,(H,28,30). The third kappa shape index (κ3) is 5.80. The third-order valence-electron chi connectivity index (χ3n) is 4.95. The fraction of sp³-hybridized carbons (Fsp3) is 0.231. The number of nitrogen functional groups attached to an aromatic ring is 1. The van der Waals surface area contributed by atoms with Crippen LogP contribution in [0.1, 0.15) is 42.6 Å². The number of anilines is 2. The maximum atomic E-state index is 12.7. The molecule has 0 bridgehead atoms. The zero-order chi connectivity index (χ0) is 21.5. The van der Waals surface area contributed by atoms with Crippen LogP contribution in [0.4, 0.5) is 11.4 Å². The van der Waals surface area contributed by atoms with Gasteiger partial charge in [-0.2, -0.15) is 0 Å². The maximum Gasteiger partial charge on any atom is 0.255 e. The molecule has 1 amide bonds. The van der Waals surface area contributed by atoms with E-state index in [1.165, 1.54) is 0 Å². The van der Waals surface area contributed by atoms with Gasteiger partial charge in [-0.1, -0.05) is 62.4 Å². The van der Waals surface area contributed by atoms with Crippen LogP contribution in [0.5, 0.6) is 0 Å². The Morgan fingerprint density at radius 3 is 2.27 bits per heavy atom. The lowest BCUT2D eigenvalue weighted by molar-refractivity contribution is -0.119. The molecule has 3 N–H and O–H groups in total. The lowest BCUT2D eigenvalue weighted by atomic mass is 10.0. The molecule has 0 aliphatic carbocycles. The van der Waals surface area contributed by atoms with E-state index in [2.05, 4.69) is 5.32 Å². The number of amides is 1. The number of carbonyl (C=O) groups excluding carboxylic acids is 2. The lowest BCUT2D eigenvalue weighted by Crippen LogP contribution is -2.13. The van der Waals surface area contributed by atoms with Gasteiger partial charge >= 0.3 is 0 Å². The van der Waals surface area contributed by atoms with E-state index >= 15 is 0 Å². The lowest BCUT2D eigenvalue weighted by Gasteiger charge is -2.11. The van der Waals surface area contributed by atoms with Crippen LogP contribution in [0.15, 0.2) is 72.8 Å². The van der Waals surface area contributed by atoms with Crippen molar-refractivity contribution in [3.05, 3.63) is 83.9 Å². The van der Waals surface area contributed by atoms with Crippen molar-refractivity contribution < 1.29 is 9.59 Å². The van der Waals surface area contributed by atoms with Crippen LogP contribution in [-0.4, -0.2) is 11.7 Å². The van der Waals surface area contributed by atoms with Crippen molar-refractivity contribution in [2.75, 3.05) is 11.1 Å². The number of carbonyl (C=O) groups is 2. The van der Waals surface area contributed by atoms with Crippen LogP contribution < -0.4 is 11.1 Å². The van der Waals surface area contributed by atoms with Gasteiger partial charge in [0.1, 0.15) is 5.78 Å². The zero-order valence-electron chi connectivity index (χ0n) is 17.5. The Labute approximate surface area is 178 Å². The summed E-state index contributed by atoms with van der Waals surface area (Å²) in [4.78, 5) is 24.6. The first-order chi connectivity index (χ1) is 14.4. The Hall–Kier alpha value is -3.40. The predicted octanol–water partition coefficient (Wildman–Crippen LogP) is 5.74. The van der Waals surface area contributed by atoms with E-state index in [0.29, 0.717) is 42.1 Å². The highest BCUT2D eigenvalue weighted by molar-refractivity contribution is 6.06. The van der Waals surface area contributed by atoms with Gasteiger partial charge in [-0.3, -0.25) is 9.59 Å². The van der Waals surface area contributed by atoms with E-state index in [4.69, 9.17) is 5.73 Å². The monoisotopic (exact) mass is 400 g/mol. The quantitative estimate of drug-likeness (QED) is 0.474. The molecule has 0 unspecified atom stereocenters. The van der Waals surface area contributed by atoms with Crippen LogP contribution in [-0.2, 0) is 11.2 Å². The van der Waals surface area contributed by atoms with E-state index < -0.39 is 0 Å². The summed E-state index contributed by atoms with van der Waals surface area (Å²) in [5.41, 5.74) is 10.8. The summed E-state index contributed by atoms with van der Waals surface area (Å²) in [6, 6.07) is 23.0. The molecule has 30 heavy (non-hydrogen) atoms. The van der Waals surface area contributed by atoms with Gasteiger partial charge in [0.25, 0.3) is 5.91 Å². The Morgan fingerprint density at radius 2 is 1.60 bits per heavy atom. The van der Waals surface area contributed by atoms with Crippen LogP contribution in [0, 0.1) is 5.92 Å². The number of nitrogens with one attached hydrogen (secondary N) is 1. The van der Waals surface area contributed by atoms with Gasteiger partial charge in [0.2, 0.25) is 0 Å². The van der Waals surface area contributed by atoms with Crippen LogP contribution in [0.2, 0.25) is 0 Å². The first kappa shape index (κ1) is 21.3. The van der Waals surface area contributed by atoms with E-state index in [9.17, 15) is 9.59 Å². The summed E-state index contributed by atoms with van der Waals surface area (Å²) in [5.74, 6) is 0.450. The summed E-state index contributed by atoms with van der Waals surface area (Å²) < 4.78 is 0. The number of nitrogens with two attached hydrogens (primary N) is 1. The fourth-order valence-electron chi connectivity index (χ4n) is 3.33. The van der Waals surface area contributed by atoms with Gasteiger partial charge in [0.05, 0.1) is 11.4 Å². The van der Waals surface area contributed by atoms with Crippen molar-refractivity contribution in [2.24, 2.45) is 5.92 Å². The molecule has 0 heterocycles. The molecular weight excluding hydrogens is 372 g/mol. The predicted molar refractivity (Wildman–Crippen MR) is 123 cm³/mol. The molecule has 0 aromatic heterocycles. The van der Waals surface area contributed by atoms with Crippen LogP contribution in [0.3, 0.4) is 0 Å². The highest BCUT2D eigenvalue weighted by atomic mass is 16.1. The van der Waals surface area contributed by atoms with Crippen molar-refractivity contribution in [3.63, 3.8) is 0 Å². The molecule has 0 atom stereocenters. The van der Waals surface area contributed by atoms with Gasteiger partial charge in [-0.15, -0.1) is 0 Å². The van der Waals surface area contributed by atoms with Gasteiger partial charge in [0, 0.05) is 18.4 Å². The maximum absolute atomic E-state index is 12.7. The fourth-order valence-corrected chi connectivity index (χ4v) is 3.33. The first-order valence-electron chi connectivity index (χ1n) is 10.3. The highest BCUT2D eigenvalue weighted by Crippen LogP contribution is 2.27. The summed E-state index contributed by atoms with van der Waals surface area (Å²) in [6.45, 7) is 4.10. The minimum Gasteiger partial charge on any atom is -0.397 e. The second-order valence-corrected chi connectivity index (χ2v) is 7.96. The third-order valence-corrected chi connectivity index (χ3v) is 4.95. The van der Waals surface area contributed by atoms with Crippen molar-refractivity contribution in [3.8, 4) is 11.1 Å². The first-order valence-corrected chi connectivity index (χ1v) is 10.3. The molecule has 3 aromatic carbocycles. The summed E-state index contributed by atoms with van der Waals surface area (Å²) in [7, 11) is 0. The summed E-state index contributed by atoms with van der Waals surface area (Å²) in [5, 5.41) is 2.91. The van der Waals surface area contributed by atoms with Crippen LogP contribution in [0.25, 0.3) is 11.1 Å². The number of hydrogen-bond acceptors (Lipinski definition) is 3. The molecule has 0 fully saturated rings. The van der Waals surface area contributed by atoms with E-state index in [1.807, 2.05) is 68.4 Å². The average molecular weight is 401 g/mol. The minimum absolute atomic E-state index is 0.214. The Morgan fingerprint density at radius 1 is 0.900 bits per heavy atom. The molecule has 0 spiro atoms. The van der Waals surface area contributed by atoms with E-state index in [-0.39, 0.29) is 11.7 Å². The molecule has 0 aliphatic rings. The molecule has 4 heteroatoms.